The van der Waals surface area contributed by atoms with Gasteiger partial charge in [0, 0.05) is 13.1 Å². The normalized spacial score (nSPS) is 10.0. The number of amides is 1. The first-order chi connectivity index (χ1) is 5.52. The van der Waals surface area contributed by atoms with Crippen LogP contribution in [0.4, 0.5) is 0 Å². The summed E-state index contributed by atoms with van der Waals surface area (Å²) in [5.74, 6) is -0.00488. The van der Waals surface area contributed by atoms with Gasteiger partial charge in [0.05, 0.1) is 5.56 Å². The Labute approximate surface area is 77.9 Å². The van der Waals surface area contributed by atoms with Gasteiger partial charge in [-0.3, -0.25) is 10.0 Å². The zero-order valence-electron chi connectivity index (χ0n) is 6.67. The van der Waals surface area contributed by atoms with Crippen LogP contribution in [0.5, 0.6) is 0 Å². The van der Waals surface area contributed by atoms with E-state index in [4.69, 9.17) is 9.62 Å². The molecule has 1 amide bonds. The van der Waals surface area contributed by atoms with E-state index in [0.29, 0.717) is 21.1 Å². The third-order valence-corrected chi connectivity index (χ3v) is 1.80. The number of halogens is 1. The Balaban J connectivity index is 3.02. The van der Waals surface area contributed by atoms with Crippen molar-refractivity contribution in [2.75, 3.05) is 7.05 Å². The average Bonchev–Trinajstić information content (AvgIpc) is 2.28. The summed E-state index contributed by atoms with van der Waals surface area (Å²) in [6, 6.07) is 1.52. The minimum absolute atomic E-state index is 0.354. The molecular formula is C7H8BrNO3. The maximum Gasteiger partial charge on any atom is 0.280 e. The molecule has 5 heteroatoms. The summed E-state index contributed by atoms with van der Waals surface area (Å²) in [7, 11) is 1.27. The first kappa shape index (κ1) is 9.28. The molecule has 0 bridgehead atoms. The van der Waals surface area contributed by atoms with Gasteiger partial charge in [-0.05, 0) is 22.9 Å². The van der Waals surface area contributed by atoms with Gasteiger partial charge in [0.1, 0.15) is 5.76 Å². The summed E-state index contributed by atoms with van der Waals surface area (Å²) in [6.45, 7) is 1.65. The Morgan fingerprint density at radius 3 is 2.67 bits per heavy atom. The van der Waals surface area contributed by atoms with Gasteiger partial charge in [0.2, 0.25) is 0 Å². The van der Waals surface area contributed by atoms with E-state index >= 15 is 0 Å². The molecule has 1 aromatic heterocycles. The van der Waals surface area contributed by atoms with Crippen LogP contribution in [0.3, 0.4) is 0 Å². The van der Waals surface area contributed by atoms with E-state index in [1.165, 1.54) is 13.1 Å². The van der Waals surface area contributed by atoms with Crippen LogP contribution in [0.25, 0.3) is 0 Å². The second kappa shape index (κ2) is 3.28. The van der Waals surface area contributed by atoms with E-state index in [1.807, 2.05) is 0 Å². The lowest BCUT2D eigenvalue weighted by Gasteiger charge is -2.05. The molecule has 0 fully saturated rings. The van der Waals surface area contributed by atoms with Crippen molar-refractivity contribution in [1.29, 1.82) is 0 Å². The maximum atomic E-state index is 11.2. The van der Waals surface area contributed by atoms with Crippen molar-refractivity contribution >= 4 is 21.8 Å². The number of hydroxylamine groups is 2. The maximum absolute atomic E-state index is 11.2. The fourth-order valence-electron chi connectivity index (χ4n) is 0.832. The van der Waals surface area contributed by atoms with Gasteiger partial charge in [0.25, 0.3) is 5.91 Å². The number of rotatable bonds is 1. The van der Waals surface area contributed by atoms with E-state index in [9.17, 15) is 4.79 Å². The Morgan fingerprint density at radius 2 is 2.33 bits per heavy atom. The minimum Gasteiger partial charge on any atom is -0.454 e. The molecule has 66 valence electrons. The minimum atomic E-state index is -0.484. The van der Waals surface area contributed by atoms with Crippen molar-refractivity contribution in [3.63, 3.8) is 0 Å². The van der Waals surface area contributed by atoms with E-state index in [1.54, 1.807) is 6.92 Å². The molecule has 0 saturated carbocycles. The van der Waals surface area contributed by atoms with Gasteiger partial charge >= 0.3 is 0 Å². The third-order valence-electron chi connectivity index (χ3n) is 1.41. The largest absolute Gasteiger partial charge is 0.454 e. The highest BCUT2D eigenvalue weighted by atomic mass is 79.9. The summed E-state index contributed by atoms with van der Waals surface area (Å²) < 4.78 is 5.52. The second-order valence-corrected chi connectivity index (χ2v) is 3.13. The molecule has 0 aliphatic heterocycles. The highest BCUT2D eigenvalue weighted by Gasteiger charge is 2.16. The summed E-state index contributed by atoms with van der Waals surface area (Å²) >= 11 is 3.08. The molecule has 4 nitrogen and oxygen atoms in total. The molecule has 0 aliphatic rings. The Hall–Kier alpha value is -0.810. The van der Waals surface area contributed by atoms with Crippen LogP contribution in [0.15, 0.2) is 15.2 Å². The fourth-order valence-corrected chi connectivity index (χ4v) is 1.30. The van der Waals surface area contributed by atoms with Gasteiger partial charge < -0.3 is 4.42 Å². The molecule has 0 unspecified atom stereocenters. The van der Waals surface area contributed by atoms with Crippen LogP contribution in [0.1, 0.15) is 16.1 Å². The lowest BCUT2D eigenvalue weighted by atomic mass is 10.2. The Kier molecular flexibility index (Phi) is 2.54. The van der Waals surface area contributed by atoms with Gasteiger partial charge in [-0.1, -0.05) is 0 Å². The van der Waals surface area contributed by atoms with Crippen molar-refractivity contribution in [2.45, 2.75) is 6.92 Å². The van der Waals surface area contributed by atoms with Gasteiger partial charge in [-0.25, -0.2) is 5.06 Å². The van der Waals surface area contributed by atoms with Crippen LogP contribution in [-0.2, 0) is 0 Å². The van der Waals surface area contributed by atoms with Crippen LogP contribution in [0.2, 0.25) is 0 Å². The molecule has 1 aromatic rings. The molecule has 0 atom stereocenters. The molecule has 0 radical (unpaired) electrons. The van der Waals surface area contributed by atoms with Gasteiger partial charge in [0.15, 0.2) is 4.67 Å². The van der Waals surface area contributed by atoms with Crippen LogP contribution in [-0.4, -0.2) is 23.2 Å². The molecule has 0 spiro atoms. The number of hydrogen-bond donors (Lipinski definition) is 1. The molecule has 1 rings (SSSR count). The monoisotopic (exact) mass is 233 g/mol. The van der Waals surface area contributed by atoms with Crippen molar-refractivity contribution in [1.82, 2.24) is 5.06 Å². The Morgan fingerprint density at radius 1 is 1.75 bits per heavy atom. The SMILES string of the molecule is Cc1oc(Br)cc1C(=O)N(C)O. The van der Waals surface area contributed by atoms with Crippen LogP contribution < -0.4 is 0 Å². The predicted octanol–water partition coefficient (Wildman–Crippen LogP) is 1.81. The van der Waals surface area contributed by atoms with Crippen molar-refractivity contribution in [3.8, 4) is 0 Å². The molecule has 0 saturated heterocycles. The highest BCUT2D eigenvalue weighted by molar-refractivity contribution is 9.10. The second-order valence-electron chi connectivity index (χ2n) is 2.35. The predicted molar refractivity (Wildman–Crippen MR) is 45.0 cm³/mol. The van der Waals surface area contributed by atoms with Crippen molar-refractivity contribution in [3.05, 3.63) is 22.1 Å². The summed E-state index contributed by atoms with van der Waals surface area (Å²) in [6.07, 6.45) is 0. The third kappa shape index (κ3) is 1.67. The summed E-state index contributed by atoms with van der Waals surface area (Å²) in [5, 5.41) is 9.35. The first-order valence-corrected chi connectivity index (χ1v) is 4.04. The Bertz CT molecular complexity index is 306. The summed E-state index contributed by atoms with van der Waals surface area (Å²) in [5.41, 5.74) is 0.354. The number of hydrogen-bond acceptors (Lipinski definition) is 3. The number of furan rings is 1. The topological polar surface area (TPSA) is 53.7 Å². The highest BCUT2D eigenvalue weighted by Crippen LogP contribution is 2.20. The van der Waals surface area contributed by atoms with E-state index in [-0.39, 0.29) is 0 Å². The zero-order chi connectivity index (χ0) is 9.30. The van der Waals surface area contributed by atoms with Gasteiger partial charge in [-0.2, -0.15) is 0 Å². The number of nitrogens with zero attached hydrogens (tertiary/aromatic N) is 1. The van der Waals surface area contributed by atoms with Crippen molar-refractivity contribution in [2.24, 2.45) is 0 Å². The van der Waals surface area contributed by atoms with E-state index < -0.39 is 5.91 Å². The molecule has 1 heterocycles. The van der Waals surface area contributed by atoms with Crippen molar-refractivity contribution < 1.29 is 14.4 Å². The summed E-state index contributed by atoms with van der Waals surface area (Å²) in [4.78, 5) is 11.2. The number of carbonyl (C=O) groups is 1. The standard InChI is InChI=1S/C7H8BrNO3/c1-4-5(3-6(8)12-4)7(10)9(2)11/h3,11H,1-2H3. The van der Waals surface area contributed by atoms with Crippen LogP contribution in [0, 0.1) is 6.92 Å². The molecule has 0 aromatic carbocycles. The molecular weight excluding hydrogens is 226 g/mol. The zero-order valence-corrected chi connectivity index (χ0v) is 8.25. The lowest BCUT2D eigenvalue weighted by Crippen LogP contribution is -2.22. The fraction of sp³-hybridized carbons (Fsp3) is 0.286. The lowest BCUT2D eigenvalue weighted by molar-refractivity contribution is -0.0376. The molecule has 12 heavy (non-hydrogen) atoms. The smallest absolute Gasteiger partial charge is 0.280 e. The van der Waals surface area contributed by atoms with E-state index in [0.717, 1.165) is 0 Å². The van der Waals surface area contributed by atoms with Crippen LogP contribution >= 0.6 is 15.9 Å². The molecule has 1 N–H and O–H groups in total. The number of aryl methyl sites for hydroxylation is 1. The number of carbonyl (C=O) groups excluding carboxylic acids is 1. The first-order valence-electron chi connectivity index (χ1n) is 3.25. The van der Waals surface area contributed by atoms with Gasteiger partial charge in [-0.15, -0.1) is 0 Å². The average molecular weight is 234 g/mol. The quantitative estimate of drug-likeness (QED) is 0.595. The molecule has 0 aliphatic carbocycles. The van der Waals surface area contributed by atoms with E-state index in [2.05, 4.69) is 15.9 Å².